The number of rotatable bonds is 5. The maximum Gasteiger partial charge on any atom is 0.188 e. The van der Waals surface area contributed by atoms with Crippen LogP contribution in [0.2, 0.25) is 5.02 Å². The Morgan fingerprint density at radius 2 is 1.74 bits per heavy atom. The lowest BCUT2D eigenvalue weighted by Crippen LogP contribution is -1.98. The summed E-state index contributed by atoms with van der Waals surface area (Å²) in [6, 6.07) is 15.5. The molecule has 0 saturated heterocycles. The van der Waals surface area contributed by atoms with E-state index in [2.05, 4.69) is 0 Å². The van der Waals surface area contributed by atoms with Crippen LogP contribution in [-0.2, 0) is 4.74 Å². The number of hydrogen-bond acceptors (Lipinski definition) is 2. The molecule has 0 aliphatic carbocycles. The van der Waals surface area contributed by atoms with E-state index in [1.807, 2.05) is 60.7 Å². The third kappa shape index (κ3) is 4.43. The molecule has 0 aliphatic rings. The topological polar surface area (TPSA) is 18.5 Å². The van der Waals surface area contributed by atoms with E-state index in [0.29, 0.717) is 0 Å². The Hall–Kier alpha value is -1.77. The van der Waals surface area contributed by atoms with Gasteiger partial charge in [0, 0.05) is 12.1 Å². The molecule has 0 bridgehead atoms. The SMILES string of the molecule is COCOc1cccc(C=Cc2ccc(Cl)cc2)c1. The van der Waals surface area contributed by atoms with Crippen LogP contribution in [0, 0.1) is 0 Å². The Morgan fingerprint density at radius 1 is 1.00 bits per heavy atom. The number of methoxy groups -OCH3 is 1. The first-order valence-electron chi connectivity index (χ1n) is 5.93. The molecule has 0 unspecified atom stereocenters. The highest BCUT2D eigenvalue weighted by molar-refractivity contribution is 6.30. The summed E-state index contributed by atoms with van der Waals surface area (Å²) < 4.78 is 10.3. The lowest BCUT2D eigenvalue weighted by atomic mass is 10.1. The molecule has 0 heterocycles. The standard InChI is InChI=1S/C16H15ClO2/c1-18-12-19-16-4-2-3-14(11-16)6-5-13-7-9-15(17)10-8-13/h2-11H,12H2,1H3. The highest BCUT2D eigenvalue weighted by Crippen LogP contribution is 2.16. The second-order valence-corrected chi connectivity index (χ2v) is 4.44. The maximum absolute atomic E-state index is 5.85. The van der Waals surface area contributed by atoms with E-state index in [9.17, 15) is 0 Å². The molecule has 2 aromatic carbocycles. The number of halogens is 1. The van der Waals surface area contributed by atoms with Gasteiger partial charge in [0.15, 0.2) is 6.79 Å². The highest BCUT2D eigenvalue weighted by Gasteiger charge is 1.94. The number of ether oxygens (including phenoxy) is 2. The molecule has 19 heavy (non-hydrogen) atoms. The van der Waals surface area contributed by atoms with Crippen molar-refractivity contribution >= 4 is 23.8 Å². The van der Waals surface area contributed by atoms with Crippen molar-refractivity contribution in [1.29, 1.82) is 0 Å². The van der Waals surface area contributed by atoms with Crippen LogP contribution in [0.4, 0.5) is 0 Å². The quantitative estimate of drug-likeness (QED) is 0.591. The summed E-state index contributed by atoms with van der Waals surface area (Å²) in [5, 5.41) is 0.743. The van der Waals surface area contributed by atoms with Gasteiger partial charge >= 0.3 is 0 Å². The van der Waals surface area contributed by atoms with Gasteiger partial charge in [0.2, 0.25) is 0 Å². The molecule has 0 amide bonds. The Balaban J connectivity index is 2.07. The van der Waals surface area contributed by atoms with Crippen LogP contribution in [0.15, 0.2) is 48.5 Å². The van der Waals surface area contributed by atoms with Crippen molar-refractivity contribution in [3.63, 3.8) is 0 Å². The molecule has 0 radical (unpaired) electrons. The van der Waals surface area contributed by atoms with Gasteiger partial charge in [-0.1, -0.05) is 48.0 Å². The largest absolute Gasteiger partial charge is 0.468 e. The zero-order valence-corrected chi connectivity index (χ0v) is 11.4. The first kappa shape index (κ1) is 13.7. The second-order valence-electron chi connectivity index (χ2n) is 4.01. The minimum Gasteiger partial charge on any atom is -0.468 e. The zero-order valence-electron chi connectivity index (χ0n) is 10.7. The van der Waals surface area contributed by atoms with Crippen molar-refractivity contribution in [3.8, 4) is 5.75 Å². The lowest BCUT2D eigenvalue weighted by molar-refractivity contribution is 0.0511. The van der Waals surface area contributed by atoms with E-state index >= 15 is 0 Å². The van der Waals surface area contributed by atoms with Crippen molar-refractivity contribution in [2.45, 2.75) is 0 Å². The Labute approximate surface area is 118 Å². The molecular formula is C16H15ClO2. The van der Waals surface area contributed by atoms with E-state index in [1.165, 1.54) is 0 Å². The molecular weight excluding hydrogens is 260 g/mol. The summed E-state index contributed by atoms with van der Waals surface area (Å²) in [7, 11) is 1.60. The summed E-state index contributed by atoms with van der Waals surface area (Å²) >= 11 is 5.85. The first-order valence-corrected chi connectivity index (χ1v) is 6.31. The fourth-order valence-corrected chi connectivity index (χ4v) is 1.73. The van der Waals surface area contributed by atoms with Gasteiger partial charge in [-0.2, -0.15) is 0 Å². The Bertz CT molecular complexity index is 547. The smallest absolute Gasteiger partial charge is 0.188 e. The lowest BCUT2D eigenvalue weighted by Gasteiger charge is -2.04. The monoisotopic (exact) mass is 274 g/mol. The van der Waals surface area contributed by atoms with Gasteiger partial charge in [-0.15, -0.1) is 0 Å². The molecule has 0 spiro atoms. The molecule has 0 fully saturated rings. The summed E-state index contributed by atoms with van der Waals surface area (Å²) in [6.07, 6.45) is 4.06. The average Bonchev–Trinajstić information content (AvgIpc) is 2.45. The summed E-state index contributed by atoms with van der Waals surface area (Å²) in [6.45, 7) is 0.254. The number of benzene rings is 2. The molecule has 0 atom stereocenters. The van der Waals surface area contributed by atoms with Crippen molar-refractivity contribution in [3.05, 3.63) is 64.7 Å². The predicted molar refractivity (Wildman–Crippen MR) is 79.3 cm³/mol. The van der Waals surface area contributed by atoms with Gasteiger partial charge in [-0.25, -0.2) is 0 Å². The van der Waals surface area contributed by atoms with Crippen LogP contribution in [0.25, 0.3) is 12.2 Å². The van der Waals surface area contributed by atoms with Gasteiger partial charge in [-0.3, -0.25) is 0 Å². The molecule has 2 rings (SSSR count). The number of hydrogen-bond donors (Lipinski definition) is 0. The van der Waals surface area contributed by atoms with Crippen LogP contribution in [0.5, 0.6) is 5.75 Å². The van der Waals surface area contributed by atoms with Crippen LogP contribution >= 0.6 is 11.6 Å². The van der Waals surface area contributed by atoms with Crippen LogP contribution in [0.1, 0.15) is 11.1 Å². The predicted octanol–water partition coefficient (Wildman–Crippen LogP) is 4.49. The molecule has 0 aliphatic heterocycles. The van der Waals surface area contributed by atoms with E-state index in [1.54, 1.807) is 7.11 Å². The van der Waals surface area contributed by atoms with Crippen molar-refractivity contribution in [2.24, 2.45) is 0 Å². The second kappa shape index (κ2) is 6.98. The van der Waals surface area contributed by atoms with Gasteiger partial charge in [-0.05, 0) is 35.4 Å². The molecule has 2 nitrogen and oxygen atoms in total. The van der Waals surface area contributed by atoms with Crippen molar-refractivity contribution in [2.75, 3.05) is 13.9 Å². The first-order chi connectivity index (χ1) is 9.28. The molecule has 0 aromatic heterocycles. The third-order valence-corrected chi connectivity index (χ3v) is 2.79. The van der Waals surface area contributed by atoms with Gasteiger partial charge < -0.3 is 9.47 Å². The normalized spacial score (nSPS) is 10.8. The van der Waals surface area contributed by atoms with Crippen LogP contribution in [0.3, 0.4) is 0 Å². The van der Waals surface area contributed by atoms with Crippen LogP contribution in [-0.4, -0.2) is 13.9 Å². The molecule has 0 N–H and O–H groups in total. The average molecular weight is 275 g/mol. The minimum absolute atomic E-state index is 0.254. The summed E-state index contributed by atoms with van der Waals surface area (Å²) in [5.74, 6) is 0.792. The fourth-order valence-electron chi connectivity index (χ4n) is 1.60. The Kier molecular flexibility index (Phi) is 5.01. The maximum atomic E-state index is 5.85. The summed E-state index contributed by atoms with van der Waals surface area (Å²) in [5.41, 5.74) is 2.18. The van der Waals surface area contributed by atoms with Crippen molar-refractivity contribution in [1.82, 2.24) is 0 Å². The van der Waals surface area contributed by atoms with Crippen molar-refractivity contribution < 1.29 is 9.47 Å². The van der Waals surface area contributed by atoms with Crippen LogP contribution < -0.4 is 4.74 Å². The molecule has 98 valence electrons. The molecule has 0 saturated carbocycles. The van der Waals surface area contributed by atoms with E-state index in [0.717, 1.165) is 21.9 Å². The third-order valence-electron chi connectivity index (χ3n) is 2.54. The van der Waals surface area contributed by atoms with Gasteiger partial charge in [0.1, 0.15) is 5.75 Å². The van der Waals surface area contributed by atoms with E-state index < -0.39 is 0 Å². The molecule has 2 aromatic rings. The van der Waals surface area contributed by atoms with E-state index in [-0.39, 0.29) is 6.79 Å². The molecule has 3 heteroatoms. The summed E-state index contributed by atoms with van der Waals surface area (Å²) in [4.78, 5) is 0. The minimum atomic E-state index is 0.254. The Morgan fingerprint density at radius 3 is 2.47 bits per heavy atom. The van der Waals surface area contributed by atoms with Gasteiger partial charge in [0.05, 0.1) is 0 Å². The zero-order chi connectivity index (χ0) is 13.5. The van der Waals surface area contributed by atoms with Gasteiger partial charge in [0.25, 0.3) is 0 Å². The van der Waals surface area contributed by atoms with E-state index in [4.69, 9.17) is 21.1 Å². The highest BCUT2D eigenvalue weighted by atomic mass is 35.5. The fraction of sp³-hybridized carbons (Fsp3) is 0.125.